The predicted octanol–water partition coefficient (Wildman–Crippen LogP) is 3.77. The fourth-order valence-corrected chi connectivity index (χ4v) is 1.87. The number of benzene rings is 1. The van der Waals surface area contributed by atoms with E-state index in [2.05, 4.69) is 10.3 Å². The first-order valence-electron chi connectivity index (χ1n) is 5.05. The Labute approximate surface area is 120 Å². The normalized spacial score (nSPS) is 10.1. The molecule has 6 heteroatoms. The summed E-state index contributed by atoms with van der Waals surface area (Å²) in [7, 11) is 0. The first-order chi connectivity index (χ1) is 8.58. The fraction of sp³-hybridized carbons (Fsp3) is 0. The summed E-state index contributed by atoms with van der Waals surface area (Å²) >= 11 is 16.9. The van der Waals surface area contributed by atoms with Gasteiger partial charge in [-0.05, 0) is 24.3 Å². The van der Waals surface area contributed by atoms with Gasteiger partial charge in [0.05, 0.1) is 15.7 Å². The van der Waals surface area contributed by atoms with Crippen molar-refractivity contribution in [3.63, 3.8) is 0 Å². The molecule has 3 N–H and O–H groups in total. The quantitative estimate of drug-likeness (QED) is 0.847. The van der Waals surface area contributed by atoms with E-state index in [1.165, 1.54) is 0 Å². The van der Waals surface area contributed by atoms with Crippen molar-refractivity contribution < 1.29 is 0 Å². The third-order valence-electron chi connectivity index (χ3n) is 2.26. The summed E-state index contributed by atoms with van der Waals surface area (Å²) in [5.74, 6) is 0.601. The highest BCUT2D eigenvalue weighted by Gasteiger charge is 2.06. The Bertz CT molecular complexity index is 602. The Morgan fingerprint density at radius 1 is 1.28 bits per heavy atom. The summed E-state index contributed by atoms with van der Waals surface area (Å²) in [4.78, 5) is 4.48. The Kier molecular flexibility index (Phi) is 4.01. The lowest BCUT2D eigenvalue weighted by Gasteiger charge is -2.09. The molecule has 0 spiro atoms. The molecule has 0 bridgehead atoms. The second-order valence-electron chi connectivity index (χ2n) is 3.52. The number of aromatic nitrogens is 1. The van der Waals surface area contributed by atoms with E-state index in [0.717, 1.165) is 5.56 Å². The smallest absolute Gasteiger partial charge is 0.131 e. The van der Waals surface area contributed by atoms with Gasteiger partial charge in [-0.3, -0.25) is 0 Å². The average Bonchev–Trinajstić information content (AvgIpc) is 2.35. The topological polar surface area (TPSA) is 50.9 Å². The van der Waals surface area contributed by atoms with Gasteiger partial charge >= 0.3 is 0 Å². The van der Waals surface area contributed by atoms with E-state index in [9.17, 15) is 0 Å². The van der Waals surface area contributed by atoms with Crippen molar-refractivity contribution in [1.29, 1.82) is 0 Å². The van der Waals surface area contributed by atoms with E-state index in [4.69, 9.17) is 41.2 Å². The SMILES string of the molecule is NC(=S)c1ccnc(Nc2cccc(Cl)c2Cl)c1. The van der Waals surface area contributed by atoms with Gasteiger partial charge in [0.15, 0.2) is 0 Å². The zero-order chi connectivity index (χ0) is 13.1. The first kappa shape index (κ1) is 13.1. The van der Waals surface area contributed by atoms with Crippen LogP contribution in [0.25, 0.3) is 0 Å². The molecule has 0 aliphatic heterocycles. The highest BCUT2D eigenvalue weighted by atomic mass is 35.5. The highest BCUT2D eigenvalue weighted by molar-refractivity contribution is 7.80. The maximum atomic E-state index is 6.07. The van der Waals surface area contributed by atoms with Crippen LogP contribution in [0, 0.1) is 0 Å². The van der Waals surface area contributed by atoms with Crippen LogP contribution < -0.4 is 11.1 Å². The van der Waals surface area contributed by atoms with Crippen LogP contribution in [-0.2, 0) is 0 Å². The van der Waals surface area contributed by atoms with E-state index in [1.807, 2.05) is 6.07 Å². The minimum absolute atomic E-state index is 0.317. The Morgan fingerprint density at radius 3 is 2.78 bits per heavy atom. The number of hydrogen-bond donors (Lipinski definition) is 2. The molecule has 0 saturated carbocycles. The summed E-state index contributed by atoms with van der Waals surface area (Å²) in [5.41, 5.74) is 6.97. The molecule has 0 fully saturated rings. The lowest BCUT2D eigenvalue weighted by Crippen LogP contribution is -2.09. The average molecular weight is 298 g/mol. The van der Waals surface area contributed by atoms with Crippen LogP contribution in [0.5, 0.6) is 0 Å². The maximum absolute atomic E-state index is 6.07. The van der Waals surface area contributed by atoms with E-state index < -0.39 is 0 Å². The van der Waals surface area contributed by atoms with E-state index in [1.54, 1.807) is 30.5 Å². The molecular weight excluding hydrogens is 289 g/mol. The number of nitrogens with zero attached hydrogens (tertiary/aromatic N) is 1. The second-order valence-corrected chi connectivity index (χ2v) is 4.75. The van der Waals surface area contributed by atoms with Crippen molar-refractivity contribution in [3.8, 4) is 0 Å². The van der Waals surface area contributed by atoms with E-state index >= 15 is 0 Å². The maximum Gasteiger partial charge on any atom is 0.131 e. The number of thiocarbonyl (C=S) groups is 1. The van der Waals surface area contributed by atoms with Crippen molar-refractivity contribution in [2.24, 2.45) is 5.73 Å². The number of nitrogens with two attached hydrogens (primary N) is 1. The third kappa shape index (κ3) is 2.90. The number of nitrogens with one attached hydrogen (secondary N) is 1. The molecule has 1 aromatic carbocycles. The second kappa shape index (κ2) is 5.52. The molecule has 0 atom stereocenters. The number of hydrogen-bond acceptors (Lipinski definition) is 3. The minimum Gasteiger partial charge on any atom is -0.389 e. The Morgan fingerprint density at radius 2 is 2.06 bits per heavy atom. The minimum atomic E-state index is 0.317. The molecule has 2 aromatic rings. The van der Waals surface area contributed by atoms with Gasteiger partial charge in [-0.1, -0.05) is 41.5 Å². The molecule has 0 unspecified atom stereocenters. The molecule has 0 amide bonds. The monoisotopic (exact) mass is 297 g/mol. The number of rotatable bonds is 3. The molecular formula is C12H9Cl2N3S. The van der Waals surface area contributed by atoms with Gasteiger partial charge in [0, 0.05) is 11.8 Å². The summed E-state index contributed by atoms with van der Waals surface area (Å²) in [5, 5.41) is 3.99. The highest BCUT2D eigenvalue weighted by Crippen LogP contribution is 2.31. The zero-order valence-corrected chi connectivity index (χ0v) is 11.5. The lowest BCUT2D eigenvalue weighted by atomic mass is 10.2. The molecule has 92 valence electrons. The van der Waals surface area contributed by atoms with Gasteiger partial charge in [0.25, 0.3) is 0 Å². The molecule has 1 heterocycles. The molecule has 2 rings (SSSR count). The summed E-state index contributed by atoms with van der Waals surface area (Å²) in [6.45, 7) is 0. The van der Waals surface area contributed by atoms with Crippen molar-refractivity contribution in [2.75, 3.05) is 5.32 Å². The summed E-state index contributed by atoms with van der Waals surface area (Å²) in [6.07, 6.45) is 1.62. The van der Waals surface area contributed by atoms with Gasteiger partial charge in [-0.15, -0.1) is 0 Å². The van der Waals surface area contributed by atoms with Gasteiger partial charge < -0.3 is 11.1 Å². The summed E-state index contributed by atoms with van der Waals surface area (Å²) in [6, 6.07) is 8.82. The van der Waals surface area contributed by atoms with Crippen molar-refractivity contribution in [1.82, 2.24) is 4.98 Å². The molecule has 18 heavy (non-hydrogen) atoms. The number of halogens is 2. The van der Waals surface area contributed by atoms with E-state index in [-0.39, 0.29) is 0 Å². The van der Waals surface area contributed by atoms with Crippen molar-refractivity contribution >= 4 is 51.9 Å². The van der Waals surface area contributed by atoms with Crippen LogP contribution in [0.3, 0.4) is 0 Å². The molecule has 0 aliphatic carbocycles. The largest absolute Gasteiger partial charge is 0.389 e. The Balaban J connectivity index is 2.31. The molecule has 3 nitrogen and oxygen atoms in total. The summed E-state index contributed by atoms with van der Waals surface area (Å²) < 4.78 is 0. The van der Waals surface area contributed by atoms with Crippen LogP contribution in [0.1, 0.15) is 5.56 Å². The van der Waals surface area contributed by atoms with Crippen LogP contribution >= 0.6 is 35.4 Å². The molecule has 0 radical (unpaired) electrons. The fourth-order valence-electron chi connectivity index (χ4n) is 1.39. The molecule has 0 aliphatic rings. The molecule has 1 aromatic heterocycles. The zero-order valence-electron chi connectivity index (χ0n) is 9.15. The van der Waals surface area contributed by atoms with Crippen molar-refractivity contribution in [3.05, 3.63) is 52.1 Å². The third-order valence-corrected chi connectivity index (χ3v) is 3.31. The van der Waals surface area contributed by atoms with Crippen LogP contribution in [-0.4, -0.2) is 9.97 Å². The van der Waals surface area contributed by atoms with Gasteiger partial charge in [-0.25, -0.2) is 4.98 Å². The predicted molar refractivity (Wildman–Crippen MR) is 79.9 cm³/mol. The van der Waals surface area contributed by atoms with E-state index in [0.29, 0.717) is 26.5 Å². The van der Waals surface area contributed by atoms with Crippen LogP contribution in [0.4, 0.5) is 11.5 Å². The molecule has 0 saturated heterocycles. The lowest BCUT2D eigenvalue weighted by molar-refractivity contribution is 1.30. The van der Waals surface area contributed by atoms with Gasteiger partial charge in [0.2, 0.25) is 0 Å². The standard InChI is InChI=1S/C12H9Cl2N3S/c13-8-2-1-3-9(11(8)14)17-10-6-7(12(15)18)4-5-16-10/h1-6H,(H2,15,18)(H,16,17). The van der Waals surface area contributed by atoms with Gasteiger partial charge in [0.1, 0.15) is 10.8 Å². The van der Waals surface area contributed by atoms with Gasteiger partial charge in [-0.2, -0.15) is 0 Å². The number of pyridine rings is 1. The van der Waals surface area contributed by atoms with Crippen LogP contribution in [0.15, 0.2) is 36.5 Å². The Hall–Kier alpha value is -1.36. The van der Waals surface area contributed by atoms with Crippen molar-refractivity contribution in [2.45, 2.75) is 0 Å². The number of anilines is 2. The van der Waals surface area contributed by atoms with Crippen LogP contribution in [0.2, 0.25) is 10.0 Å². The first-order valence-corrected chi connectivity index (χ1v) is 6.21.